The number of benzene rings is 2. The molecule has 2 aliphatic heterocycles. The number of alkyl halides is 3. The van der Waals surface area contributed by atoms with Crippen molar-refractivity contribution in [3.8, 4) is 0 Å². The Morgan fingerprint density at radius 1 is 1.03 bits per heavy atom. The zero-order chi connectivity index (χ0) is 28.7. The van der Waals surface area contributed by atoms with E-state index in [1.807, 2.05) is 0 Å². The highest BCUT2D eigenvalue weighted by Gasteiger charge is 2.52. The Hall–Kier alpha value is -3.83. The third-order valence-electron chi connectivity index (χ3n) is 7.21. The second kappa shape index (κ2) is 10.4. The number of nitrogens with zero attached hydrogens (tertiary/aromatic N) is 3. The number of hydrazone groups is 1. The van der Waals surface area contributed by atoms with Crippen molar-refractivity contribution in [3.63, 3.8) is 0 Å². The van der Waals surface area contributed by atoms with Gasteiger partial charge in [-0.1, -0.05) is 26.0 Å². The number of carbonyl (C=O) groups is 3. The zero-order valence-corrected chi connectivity index (χ0v) is 21.5. The average Bonchev–Trinajstić information content (AvgIpc) is 3.12. The van der Waals surface area contributed by atoms with Gasteiger partial charge in [-0.25, -0.2) is 13.8 Å². The van der Waals surface area contributed by atoms with Gasteiger partial charge in [0.05, 0.1) is 22.3 Å². The molecule has 3 amide bonds. The van der Waals surface area contributed by atoms with Gasteiger partial charge in [-0.2, -0.15) is 18.3 Å². The molecule has 2 aromatic rings. The quantitative estimate of drug-likeness (QED) is 0.566. The molecule has 2 aliphatic rings. The fraction of sp³-hybridized carbons (Fsp3) is 0.407. The summed E-state index contributed by atoms with van der Waals surface area (Å²) in [5.74, 6) is -3.94. The molecule has 0 unspecified atom stereocenters. The zero-order valence-electron chi connectivity index (χ0n) is 21.5. The van der Waals surface area contributed by atoms with Crippen LogP contribution in [-0.4, -0.2) is 59.5 Å². The van der Waals surface area contributed by atoms with Crippen molar-refractivity contribution in [2.24, 2.45) is 16.4 Å². The monoisotopic (exact) mass is 550 g/mol. The van der Waals surface area contributed by atoms with Crippen LogP contribution in [-0.2, 0) is 15.8 Å². The third kappa shape index (κ3) is 5.37. The Morgan fingerprint density at radius 2 is 1.64 bits per heavy atom. The van der Waals surface area contributed by atoms with Crippen LogP contribution in [0.25, 0.3) is 0 Å². The molecule has 1 saturated heterocycles. The number of amides is 3. The fourth-order valence-corrected chi connectivity index (χ4v) is 5.01. The molecule has 1 fully saturated rings. The molecule has 2 aromatic carbocycles. The first-order chi connectivity index (χ1) is 18.2. The van der Waals surface area contributed by atoms with Gasteiger partial charge in [0.15, 0.2) is 0 Å². The Labute approximate surface area is 221 Å². The summed E-state index contributed by atoms with van der Waals surface area (Å²) < 4.78 is 67.0. The number of carbonyl (C=O) groups excluding carboxylic acids is 3. The minimum absolute atomic E-state index is 0.135. The van der Waals surface area contributed by atoms with Gasteiger partial charge in [0, 0.05) is 20.1 Å². The van der Waals surface area contributed by atoms with E-state index in [1.165, 1.54) is 41.2 Å². The summed E-state index contributed by atoms with van der Waals surface area (Å²) in [5.41, 5.74) is -1.95. The first-order valence-electron chi connectivity index (χ1n) is 12.3. The third-order valence-corrected chi connectivity index (χ3v) is 7.21. The summed E-state index contributed by atoms with van der Waals surface area (Å²) in [6, 6.07) is 5.99. The standard InChI is InChI=1S/C27H27F5N4O3/c1-15(2)21(33-23(37)19-14-17(27(30,31)32)6-9-20(19)29)24(38)36-12-10-26(11-13-36)22(34-35(3)25(26)39)16-4-7-18(28)8-5-16/h4-9,14-15,21H,10-13H2,1-3H3,(H,33,37)/t21-/m1/s1. The summed E-state index contributed by atoms with van der Waals surface area (Å²) in [6.45, 7) is 3.56. The second-order valence-corrected chi connectivity index (χ2v) is 10.1. The Balaban J connectivity index is 1.51. The van der Waals surface area contributed by atoms with E-state index in [1.54, 1.807) is 13.8 Å². The van der Waals surface area contributed by atoms with Gasteiger partial charge in [0.1, 0.15) is 17.7 Å². The van der Waals surface area contributed by atoms with Crippen molar-refractivity contribution < 1.29 is 36.3 Å². The number of rotatable bonds is 5. The Kier molecular flexibility index (Phi) is 7.50. The summed E-state index contributed by atoms with van der Waals surface area (Å²) in [5, 5.41) is 8.01. The molecule has 0 aromatic heterocycles. The Bertz CT molecular complexity index is 1320. The maximum absolute atomic E-state index is 14.3. The molecule has 39 heavy (non-hydrogen) atoms. The molecule has 7 nitrogen and oxygen atoms in total. The van der Waals surface area contributed by atoms with Crippen LogP contribution in [0.2, 0.25) is 0 Å². The molecule has 12 heteroatoms. The van der Waals surface area contributed by atoms with Gasteiger partial charge < -0.3 is 10.2 Å². The highest BCUT2D eigenvalue weighted by atomic mass is 19.4. The topological polar surface area (TPSA) is 82.1 Å². The average molecular weight is 551 g/mol. The lowest BCUT2D eigenvalue weighted by atomic mass is 9.72. The number of piperidine rings is 1. The van der Waals surface area contributed by atoms with Gasteiger partial charge in [-0.3, -0.25) is 14.4 Å². The van der Waals surface area contributed by atoms with Gasteiger partial charge in [-0.15, -0.1) is 0 Å². The number of likely N-dealkylation sites (tertiary alicyclic amines) is 1. The van der Waals surface area contributed by atoms with E-state index in [9.17, 15) is 36.3 Å². The number of nitrogens with one attached hydrogen (secondary N) is 1. The molecule has 1 spiro atoms. The van der Waals surface area contributed by atoms with Crippen LogP contribution in [0.3, 0.4) is 0 Å². The Morgan fingerprint density at radius 3 is 2.21 bits per heavy atom. The SMILES string of the molecule is CC(C)[C@@H](NC(=O)c1cc(C(F)(F)F)ccc1F)C(=O)N1CCC2(CC1)C(=O)N(C)N=C2c1ccc(F)cc1. The highest BCUT2D eigenvalue weighted by molar-refractivity contribution is 6.19. The van der Waals surface area contributed by atoms with Crippen molar-refractivity contribution in [2.75, 3.05) is 20.1 Å². The lowest BCUT2D eigenvalue weighted by Crippen LogP contribution is -2.56. The molecule has 1 N–H and O–H groups in total. The maximum atomic E-state index is 14.3. The number of hydrogen-bond donors (Lipinski definition) is 1. The van der Waals surface area contributed by atoms with Crippen LogP contribution in [0.4, 0.5) is 22.0 Å². The molecular formula is C27H27F5N4O3. The largest absolute Gasteiger partial charge is 0.416 e. The first kappa shape index (κ1) is 28.2. The molecule has 0 bridgehead atoms. The second-order valence-electron chi connectivity index (χ2n) is 10.1. The van der Waals surface area contributed by atoms with Crippen LogP contribution in [0, 0.1) is 23.0 Å². The molecule has 2 heterocycles. The molecule has 0 saturated carbocycles. The minimum atomic E-state index is -4.78. The van der Waals surface area contributed by atoms with E-state index in [4.69, 9.17) is 0 Å². The van der Waals surface area contributed by atoms with Crippen molar-refractivity contribution in [1.29, 1.82) is 0 Å². The van der Waals surface area contributed by atoms with Crippen LogP contribution in [0.15, 0.2) is 47.6 Å². The summed E-state index contributed by atoms with van der Waals surface area (Å²) >= 11 is 0. The van der Waals surface area contributed by atoms with E-state index in [0.29, 0.717) is 29.5 Å². The van der Waals surface area contributed by atoms with E-state index in [0.717, 1.165) is 0 Å². The molecule has 0 aliphatic carbocycles. The van der Waals surface area contributed by atoms with Gasteiger partial charge in [-0.05, 0) is 54.7 Å². The predicted molar refractivity (Wildman–Crippen MR) is 131 cm³/mol. The summed E-state index contributed by atoms with van der Waals surface area (Å²) in [7, 11) is 1.52. The van der Waals surface area contributed by atoms with Crippen LogP contribution in [0.5, 0.6) is 0 Å². The number of hydrogen-bond acceptors (Lipinski definition) is 4. The van der Waals surface area contributed by atoms with E-state index >= 15 is 0 Å². The normalized spacial score (nSPS) is 18.0. The van der Waals surface area contributed by atoms with Crippen LogP contribution >= 0.6 is 0 Å². The molecule has 4 rings (SSSR count). The van der Waals surface area contributed by atoms with Crippen molar-refractivity contribution in [1.82, 2.24) is 15.2 Å². The number of halogens is 5. The van der Waals surface area contributed by atoms with Gasteiger partial charge in [0.2, 0.25) is 5.91 Å². The lowest BCUT2D eigenvalue weighted by molar-refractivity contribution is -0.142. The maximum Gasteiger partial charge on any atom is 0.416 e. The van der Waals surface area contributed by atoms with E-state index in [2.05, 4.69) is 10.4 Å². The first-order valence-corrected chi connectivity index (χ1v) is 12.3. The molecule has 1 atom stereocenters. The summed E-state index contributed by atoms with van der Waals surface area (Å²) in [6.07, 6.45) is -4.33. The van der Waals surface area contributed by atoms with E-state index < -0.39 is 58.1 Å². The van der Waals surface area contributed by atoms with Crippen LogP contribution < -0.4 is 5.32 Å². The molecular weight excluding hydrogens is 523 g/mol. The van der Waals surface area contributed by atoms with Crippen molar-refractivity contribution >= 4 is 23.4 Å². The smallest absolute Gasteiger partial charge is 0.341 e. The molecule has 208 valence electrons. The van der Waals surface area contributed by atoms with Crippen molar-refractivity contribution in [2.45, 2.75) is 38.9 Å². The van der Waals surface area contributed by atoms with Gasteiger partial charge >= 0.3 is 6.18 Å². The minimum Gasteiger partial charge on any atom is -0.341 e. The van der Waals surface area contributed by atoms with E-state index in [-0.39, 0.29) is 31.8 Å². The highest BCUT2D eigenvalue weighted by Crippen LogP contribution is 2.41. The van der Waals surface area contributed by atoms with Crippen LogP contribution in [0.1, 0.15) is 48.2 Å². The van der Waals surface area contributed by atoms with Gasteiger partial charge in [0.25, 0.3) is 11.8 Å². The fourth-order valence-electron chi connectivity index (χ4n) is 5.01. The lowest BCUT2D eigenvalue weighted by Gasteiger charge is -2.40. The summed E-state index contributed by atoms with van der Waals surface area (Å²) in [4.78, 5) is 40.8. The van der Waals surface area contributed by atoms with Crippen molar-refractivity contribution in [3.05, 3.63) is 70.8 Å². The molecule has 0 radical (unpaired) electrons. The predicted octanol–water partition coefficient (Wildman–Crippen LogP) is 4.22.